The highest BCUT2D eigenvalue weighted by atomic mass is 35.5. The first-order chi connectivity index (χ1) is 31.1. The number of alkyl halides is 4. The Morgan fingerprint density at radius 3 is 2.36 bits per heavy atom. The van der Waals surface area contributed by atoms with Crippen molar-refractivity contribution in [3.05, 3.63) is 128 Å². The van der Waals surface area contributed by atoms with Crippen molar-refractivity contribution in [2.45, 2.75) is 55.5 Å². The van der Waals surface area contributed by atoms with Crippen LogP contribution in [-0.4, -0.2) is 63.9 Å². The number of halogens is 7. The molecular weight excluding hydrogens is 938 g/mol. The first-order valence-corrected chi connectivity index (χ1v) is 24.0. The van der Waals surface area contributed by atoms with E-state index in [2.05, 4.69) is 20.2 Å². The van der Waals surface area contributed by atoms with Crippen molar-refractivity contribution in [3.8, 4) is 16.8 Å². The minimum atomic E-state index is -3.95. The van der Waals surface area contributed by atoms with E-state index in [0.29, 0.717) is 21.9 Å². The summed E-state index contributed by atoms with van der Waals surface area (Å²) < 4.78 is 145. The van der Waals surface area contributed by atoms with Crippen LogP contribution in [0.2, 0.25) is 5.02 Å². The molecule has 0 spiro atoms. The van der Waals surface area contributed by atoms with Crippen LogP contribution in [-0.2, 0) is 50.6 Å². The fourth-order valence-corrected chi connectivity index (χ4v) is 10.5. The van der Waals surface area contributed by atoms with Crippen molar-refractivity contribution in [2.75, 3.05) is 16.7 Å². The fourth-order valence-electron chi connectivity index (χ4n) is 8.80. The summed E-state index contributed by atoms with van der Waals surface area (Å²) in [5, 5.41) is 10.7. The van der Waals surface area contributed by atoms with Gasteiger partial charge in [-0.2, -0.15) is 19.0 Å². The van der Waals surface area contributed by atoms with Crippen molar-refractivity contribution >= 4 is 65.0 Å². The first-order valence-electron chi connectivity index (χ1n) is 20.1. The lowest BCUT2D eigenvalue weighted by Gasteiger charge is -2.24. The molecule has 1 amide bonds. The third kappa shape index (κ3) is 7.86. The van der Waals surface area contributed by atoms with Gasteiger partial charge in [-0.3, -0.25) is 28.2 Å². The van der Waals surface area contributed by atoms with Gasteiger partial charge in [-0.15, -0.1) is 0 Å². The van der Waals surface area contributed by atoms with Gasteiger partial charge in [0, 0.05) is 31.0 Å². The molecule has 7 aromatic rings. The van der Waals surface area contributed by atoms with Crippen LogP contribution in [0.3, 0.4) is 0 Å². The zero-order chi connectivity index (χ0) is 47.4. The summed E-state index contributed by atoms with van der Waals surface area (Å²) in [6.07, 6.45) is -2.89. The quantitative estimate of drug-likeness (QED) is 0.111. The van der Waals surface area contributed by atoms with E-state index in [9.17, 15) is 39.2 Å². The number of anilines is 1. The Balaban J connectivity index is 1.27. The number of benzene rings is 4. The smallest absolute Gasteiger partial charge is 0.293 e. The van der Waals surface area contributed by atoms with Gasteiger partial charge < -0.3 is 5.32 Å². The van der Waals surface area contributed by atoms with E-state index in [1.807, 2.05) is 0 Å². The number of aromatic nitrogens is 6. The predicted molar refractivity (Wildman–Crippen MR) is 231 cm³/mol. The maximum atomic E-state index is 15.6. The predicted octanol–water partition coefficient (Wildman–Crippen LogP) is 7.48. The number of nitrogens with zero attached hydrogens (tertiary/aromatic N) is 6. The molecule has 1 saturated carbocycles. The number of carbonyl (C=O) groups is 1. The third-order valence-electron chi connectivity index (χ3n) is 11.7. The molecule has 4 aromatic carbocycles. The van der Waals surface area contributed by atoms with Crippen molar-refractivity contribution in [1.29, 1.82) is 0 Å². The van der Waals surface area contributed by atoms with E-state index in [1.54, 1.807) is 12.1 Å². The summed E-state index contributed by atoms with van der Waals surface area (Å²) in [6.45, 7) is 0.467. The van der Waals surface area contributed by atoms with Crippen molar-refractivity contribution in [2.24, 2.45) is 13.0 Å². The number of sulfone groups is 1. The molecule has 2 aliphatic carbocycles. The summed E-state index contributed by atoms with van der Waals surface area (Å²) in [5.41, 5.74) is -2.05. The maximum absolute atomic E-state index is 15.6. The lowest BCUT2D eigenvalue weighted by molar-refractivity contribution is -0.123. The van der Waals surface area contributed by atoms with Crippen molar-refractivity contribution in [3.63, 3.8) is 0 Å². The van der Waals surface area contributed by atoms with Gasteiger partial charge in [0.05, 0.1) is 55.5 Å². The molecule has 14 nitrogen and oxygen atoms in total. The van der Waals surface area contributed by atoms with E-state index in [4.69, 9.17) is 16.6 Å². The Morgan fingerprint density at radius 1 is 0.970 bits per heavy atom. The summed E-state index contributed by atoms with van der Waals surface area (Å²) in [6, 6.07) is 14.1. The largest absolute Gasteiger partial charge is 0.344 e. The summed E-state index contributed by atoms with van der Waals surface area (Å²) >= 11 is 6.64. The van der Waals surface area contributed by atoms with E-state index in [1.165, 1.54) is 61.1 Å². The number of rotatable bonds is 13. The summed E-state index contributed by atoms with van der Waals surface area (Å²) in [4.78, 5) is 34.2. The molecule has 2 N–H and O–H groups in total. The second-order valence-corrected chi connectivity index (χ2v) is 20.6. The lowest BCUT2D eigenvalue weighted by Crippen LogP contribution is -2.38. The van der Waals surface area contributed by atoms with Crippen LogP contribution in [0.15, 0.2) is 82.5 Å². The second-order valence-electron chi connectivity index (χ2n) is 16.2. The van der Waals surface area contributed by atoms with Crippen LogP contribution in [0.4, 0.5) is 32.2 Å². The molecule has 1 fully saturated rings. The SMILES string of the molecule is CCS(=O)(=O)c1cccc(-c2ccc3c(=O)n(-c4ccc(Cl)c5c(NS(C)(=O)=O)nn(C)c45)c([C@H](Cc4cc(F)cc(F)c4)NC(=O)Cn4nc(C(F)F)c5c4C(F)(F)[C@@H]4C[C@H]54)nc3c2)c1. The van der Waals surface area contributed by atoms with Crippen molar-refractivity contribution < 1.29 is 48.0 Å². The standard InChI is InChI=1S/C43H35ClF6N8O6S2/c1-4-66(63,64)25-7-5-6-21(15-25)22-8-9-26-30(16-22)52-41(58(42(26)60)32-11-10-29(44)35-37(32)56(2)54-40(35)55-65(3,61)62)31(14-20-12-23(45)17-24(46)13-20)51-33(59)19-57-38-34(36(53-57)39(47)48)27-18-28(27)43(38,49)50/h5-13,15-17,27-28,31,39H,4,14,18-19H2,1-3H3,(H,51,59)(H,54,55)/t27-,28+,31-/m0/s1. The zero-order valence-electron chi connectivity index (χ0n) is 34.7. The molecule has 9 rings (SSSR count). The van der Waals surface area contributed by atoms with Gasteiger partial charge in [0.15, 0.2) is 15.7 Å². The van der Waals surface area contributed by atoms with Crippen LogP contribution >= 0.6 is 11.6 Å². The molecule has 0 radical (unpaired) electrons. The molecule has 2 aliphatic rings. The van der Waals surface area contributed by atoms with E-state index in [-0.39, 0.29) is 72.4 Å². The molecule has 0 unspecified atom stereocenters. The van der Waals surface area contributed by atoms with Crippen LogP contribution in [0.25, 0.3) is 38.6 Å². The molecule has 3 heterocycles. The van der Waals surface area contributed by atoms with Gasteiger partial charge >= 0.3 is 0 Å². The lowest BCUT2D eigenvalue weighted by atomic mass is 10.0. The van der Waals surface area contributed by atoms with Gasteiger partial charge in [0.2, 0.25) is 15.9 Å². The topological polar surface area (TPSA) is 180 Å². The number of carbonyl (C=O) groups excluding carboxylic acids is 1. The highest BCUT2D eigenvalue weighted by molar-refractivity contribution is 7.92. The van der Waals surface area contributed by atoms with E-state index < -0.39 is 97.5 Å². The number of nitrogens with one attached hydrogen (secondary N) is 2. The number of amides is 1. The van der Waals surface area contributed by atoms with Crippen LogP contribution in [0, 0.1) is 17.6 Å². The Labute approximate surface area is 376 Å². The van der Waals surface area contributed by atoms with E-state index >= 15 is 13.6 Å². The minimum Gasteiger partial charge on any atom is -0.344 e. The fraction of sp³-hybridized carbons (Fsp3) is 0.279. The van der Waals surface area contributed by atoms with Gasteiger partial charge in [-0.05, 0) is 77.6 Å². The highest BCUT2D eigenvalue weighted by Crippen LogP contribution is 2.68. The molecule has 344 valence electrons. The average Bonchev–Trinajstić information content (AvgIpc) is 3.78. The van der Waals surface area contributed by atoms with Gasteiger partial charge in [-0.1, -0.05) is 36.7 Å². The zero-order valence-corrected chi connectivity index (χ0v) is 37.0. The Morgan fingerprint density at radius 2 is 1.68 bits per heavy atom. The summed E-state index contributed by atoms with van der Waals surface area (Å²) in [7, 11) is -6.17. The normalized spacial score (nSPS) is 17.0. The van der Waals surface area contributed by atoms with Gasteiger partial charge in [-0.25, -0.2) is 39.4 Å². The highest BCUT2D eigenvalue weighted by Gasteiger charge is 2.67. The van der Waals surface area contributed by atoms with Crippen LogP contribution < -0.4 is 15.6 Å². The monoisotopic (exact) mass is 972 g/mol. The molecule has 3 atom stereocenters. The maximum Gasteiger partial charge on any atom is 0.293 e. The third-order valence-corrected chi connectivity index (χ3v) is 14.3. The van der Waals surface area contributed by atoms with Crippen LogP contribution in [0.5, 0.6) is 0 Å². The Bertz CT molecular complexity index is 3470. The van der Waals surface area contributed by atoms with Crippen molar-refractivity contribution in [1.82, 2.24) is 34.4 Å². The summed E-state index contributed by atoms with van der Waals surface area (Å²) in [5.74, 6) is -9.50. The molecule has 0 bridgehead atoms. The van der Waals surface area contributed by atoms with Gasteiger partial charge in [0.25, 0.3) is 17.9 Å². The molecule has 66 heavy (non-hydrogen) atoms. The number of aryl methyl sites for hydroxylation is 1. The number of hydrogen-bond donors (Lipinski definition) is 2. The molecular formula is C43H35ClF6N8O6S2. The Hall–Kier alpha value is -6.26. The second kappa shape index (κ2) is 16.0. The number of hydrogen-bond acceptors (Lipinski definition) is 9. The number of sulfonamides is 1. The van der Waals surface area contributed by atoms with E-state index in [0.717, 1.165) is 23.0 Å². The molecule has 0 saturated heterocycles. The average molecular weight is 973 g/mol. The number of fused-ring (bicyclic) bond motifs is 5. The molecule has 0 aliphatic heterocycles. The first kappa shape index (κ1) is 44.9. The van der Waals surface area contributed by atoms with Gasteiger partial charge in [0.1, 0.15) is 35.4 Å². The molecule has 23 heteroatoms. The minimum absolute atomic E-state index is 0.00208. The van der Waals surface area contributed by atoms with Crippen LogP contribution in [0.1, 0.15) is 60.1 Å². The Kier molecular flexibility index (Phi) is 10.9. The molecule has 3 aromatic heterocycles.